The summed E-state index contributed by atoms with van der Waals surface area (Å²) in [4.78, 5) is 24.6. The van der Waals surface area contributed by atoms with E-state index in [0.29, 0.717) is 5.56 Å². The normalized spacial score (nSPS) is 11.5. The van der Waals surface area contributed by atoms with Crippen molar-refractivity contribution < 1.29 is 36.2 Å². The van der Waals surface area contributed by atoms with E-state index in [1.165, 1.54) is 30.3 Å². The first kappa shape index (κ1) is 28.0. The Bertz CT molecular complexity index is 1770. The van der Waals surface area contributed by atoms with Crippen molar-refractivity contribution in [1.29, 1.82) is 0 Å². The Kier molecular flexibility index (Phi) is 7.43. The van der Waals surface area contributed by atoms with E-state index in [1.807, 2.05) is 0 Å². The highest BCUT2D eigenvalue weighted by Gasteiger charge is 2.32. The summed E-state index contributed by atoms with van der Waals surface area (Å²) in [6, 6.07) is 12.3. The maximum atomic E-state index is 14.3. The van der Waals surface area contributed by atoms with Crippen LogP contribution >= 0.6 is 0 Å². The van der Waals surface area contributed by atoms with Gasteiger partial charge in [-0.3, -0.25) is 0 Å². The van der Waals surface area contributed by atoms with E-state index in [4.69, 9.17) is 16.2 Å². The summed E-state index contributed by atoms with van der Waals surface area (Å²) in [6.45, 7) is -0.396. The maximum Gasteiger partial charge on any atom is 0.573 e. The van der Waals surface area contributed by atoms with E-state index in [9.17, 15) is 26.7 Å². The predicted molar refractivity (Wildman–Crippen MR) is 138 cm³/mol. The lowest BCUT2D eigenvalue weighted by molar-refractivity contribution is -0.274. The van der Waals surface area contributed by atoms with Crippen LogP contribution in [0.3, 0.4) is 0 Å². The van der Waals surface area contributed by atoms with E-state index in [0.717, 1.165) is 23.0 Å². The van der Waals surface area contributed by atoms with Crippen molar-refractivity contribution in [3.05, 3.63) is 89.2 Å². The number of nitrogens with zero attached hydrogens (tertiary/aromatic N) is 5. The molecule has 1 amide bonds. The number of para-hydroxylation sites is 1. The lowest BCUT2D eigenvalue weighted by Gasteiger charge is -2.14. The minimum Gasteiger partial charge on any atom is -0.405 e. The second-order valence-electron chi connectivity index (χ2n) is 8.67. The Balaban J connectivity index is 1.38. The monoisotopic (exact) mass is 586 g/mol. The number of alkyl halides is 3. The summed E-state index contributed by atoms with van der Waals surface area (Å²) < 4.78 is 76.5. The molecule has 0 spiro atoms. The number of rotatable bonds is 7. The number of amides is 1. The molecule has 0 fully saturated rings. The van der Waals surface area contributed by atoms with Gasteiger partial charge in [-0.05, 0) is 17.7 Å². The first-order valence-electron chi connectivity index (χ1n) is 12.0. The Hall–Kier alpha value is -5.54. The fraction of sp³-hybridized carbons (Fsp3) is 0.115. The van der Waals surface area contributed by atoms with Gasteiger partial charge in [-0.2, -0.15) is 19.7 Å². The molecule has 3 aromatic heterocycles. The minimum absolute atomic E-state index is 0.0110. The summed E-state index contributed by atoms with van der Waals surface area (Å²) in [6.07, 6.45) is -5.07. The van der Waals surface area contributed by atoms with Crippen molar-refractivity contribution in [3.63, 3.8) is 0 Å². The average molecular weight is 586 g/mol. The minimum atomic E-state index is -4.93. The molecule has 5 aromatic rings. The summed E-state index contributed by atoms with van der Waals surface area (Å²) in [5.41, 5.74) is 12.9. The zero-order valence-corrected chi connectivity index (χ0v) is 21.2. The number of nitrogen functional groups attached to an aromatic ring is 2. The second-order valence-corrected chi connectivity index (χ2v) is 8.67. The molecule has 0 radical (unpaired) electrons. The molecule has 0 atom stereocenters. The summed E-state index contributed by atoms with van der Waals surface area (Å²) >= 11 is 0. The third-order valence-electron chi connectivity index (χ3n) is 5.78. The van der Waals surface area contributed by atoms with Gasteiger partial charge >= 0.3 is 12.5 Å². The molecule has 42 heavy (non-hydrogen) atoms. The fourth-order valence-electron chi connectivity index (χ4n) is 3.97. The van der Waals surface area contributed by atoms with E-state index < -0.39 is 53.8 Å². The van der Waals surface area contributed by atoms with Gasteiger partial charge in [0.25, 0.3) is 5.95 Å². The number of fused-ring (bicyclic) bond motifs is 1. The number of benzene rings is 2. The van der Waals surface area contributed by atoms with Crippen LogP contribution in [-0.2, 0) is 13.0 Å². The molecule has 216 valence electrons. The number of nitrogens with two attached hydrogens (primary N) is 2. The number of anilines is 2. The molecule has 0 aliphatic heterocycles. The van der Waals surface area contributed by atoms with E-state index in [-0.39, 0.29) is 34.7 Å². The molecule has 5 rings (SSSR count). The first-order valence-corrected chi connectivity index (χ1v) is 12.0. The van der Waals surface area contributed by atoms with Crippen LogP contribution in [0.2, 0.25) is 0 Å². The number of aromatic nitrogens is 5. The standard InChI is InChI=1S/C26H19F5N8O3/c27-15-10-18-20(34-12-15)17(9-13-5-1-3-7-16(13)28)38-39(18)24-36-22(32)21(23(33)37-24)41-25(40)35-11-14-6-2-4-8-19(14)42-26(29,30)31/h1-8,10,12H,9,11H2,(H,35,40)(H4,32,33,36,37). The van der Waals surface area contributed by atoms with Gasteiger partial charge in [0.15, 0.2) is 11.6 Å². The molecule has 11 nitrogen and oxygen atoms in total. The van der Waals surface area contributed by atoms with Crippen molar-refractivity contribution in [2.24, 2.45) is 0 Å². The topological polar surface area (TPSA) is 156 Å². The Morgan fingerprint density at radius 2 is 1.64 bits per heavy atom. The molecular weight excluding hydrogens is 567 g/mol. The molecule has 3 heterocycles. The third-order valence-corrected chi connectivity index (χ3v) is 5.78. The van der Waals surface area contributed by atoms with Gasteiger partial charge in [-0.1, -0.05) is 36.4 Å². The second kappa shape index (κ2) is 11.1. The van der Waals surface area contributed by atoms with Gasteiger partial charge in [0.05, 0.1) is 17.4 Å². The van der Waals surface area contributed by atoms with Crippen LogP contribution in [0.5, 0.6) is 11.5 Å². The molecule has 0 aliphatic rings. The lowest BCUT2D eigenvalue weighted by Crippen LogP contribution is -2.28. The van der Waals surface area contributed by atoms with Crippen LogP contribution in [0.25, 0.3) is 17.0 Å². The van der Waals surface area contributed by atoms with Crippen molar-refractivity contribution in [2.75, 3.05) is 11.5 Å². The van der Waals surface area contributed by atoms with E-state index in [1.54, 1.807) is 12.1 Å². The largest absolute Gasteiger partial charge is 0.573 e. The molecule has 16 heteroatoms. The summed E-state index contributed by atoms with van der Waals surface area (Å²) in [7, 11) is 0. The van der Waals surface area contributed by atoms with Crippen LogP contribution in [-0.4, -0.2) is 37.2 Å². The highest BCUT2D eigenvalue weighted by molar-refractivity contribution is 5.80. The number of halogens is 5. The first-order chi connectivity index (χ1) is 20.0. The number of nitrogens with one attached hydrogen (secondary N) is 1. The van der Waals surface area contributed by atoms with Crippen LogP contribution in [0.15, 0.2) is 60.8 Å². The van der Waals surface area contributed by atoms with Gasteiger partial charge in [-0.15, -0.1) is 13.2 Å². The van der Waals surface area contributed by atoms with Crippen LogP contribution in [0.4, 0.5) is 38.4 Å². The highest BCUT2D eigenvalue weighted by atomic mass is 19.4. The molecular formula is C26H19F5N8O3. The average Bonchev–Trinajstić information content (AvgIpc) is 3.27. The predicted octanol–water partition coefficient (Wildman–Crippen LogP) is 4.43. The van der Waals surface area contributed by atoms with Crippen molar-refractivity contribution >= 4 is 28.8 Å². The van der Waals surface area contributed by atoms with Gasteiger partial charge in [0, 0.05) is 24.6 Å². The zero-order valence-electron chi connectivity index (χ0n) is 21.2. The molecule has 5 N–H and O–H groups in total. The highest BCUT2D eigenvalue weighted by Crippen LogP contribution is 2.30. The van der Waals surface area contributed by atoms with E-state index in [2.05, 4.69) is 30.1 Å². The lowest BCUT2D eigenvalue weighted by atomic mass is 10.1. The van der Waals surface area contributed by atoms with Gasteiger partial charge < -0.3 is 26.3 Å². The number of hydrogen-bond donors (Lipinski definition) is 3. The van der Waals surface area contributed by atoms with Crippen LogP contribution in [0, 0.1) is 11.6 Å². The smallest absolute Gasteiger partial charge is 0.405 e. The van der Waals surface area contributed by atoms with Gasteiger partial charge in [-0.25, -0.2) is 18.6 Å². The SMILES string of the molecule is Nc1nc(-n2nc(Cc3ccccc3F)c3ncc(F)cc32)nc(N)c1OC(=O)NCc1ccccc1OC(F)(F)F. The number of ether oxygens (including phenoxy) is 2. The summed E-state index contributed by atoms with van der Waals surface area (Å²) in [5.74, 6) is -3.15. The van der Waals surface area contributed by atoms with Crippen LogP contribution < -0.4 is 26.3 Å². The number of carbonyl (C=O) groups excluding carboxylic acids is 1. The molecule has 2 aromatic carbocycles. The molecule has 0 bridgehead atoms. The summed E-state index contributed by atoms with van der Waals surface area (Å²) in [5, 5.41) is 6.64. The molecule has 0 saturated carbocycles. The Labute approximate surface area is 232 Å². The van der Waals surface area contributed by atoms with Crippen molar-refractivity contribution in [1.82, 2.24) is 30.0 Å². The maximum absolute atomic E-state index is 14.3. The van der Waals surface area contributed by atoms with E-state index >= 15 is 0 Å². The van der Waals surface area contributed by atoms with Gasteiger partial charge in [0.2, 0.25) is 5.75 Å². The molecule has 0 unspecified atom stereocenters. The number of carbonyl (C=O) groups is 1. The Morgan fingerprint density at radius 1 is 0.976 bits per heavy atom. The third kappa shape index (κ3) is 6.11. The van der Waals surface area contributed by atoms with Crippen LogP contribution in [0.1, 0.15) is 16.8 Å². The van der Waals surface area contributed by atoms with Crippen molar-refractivity contribution in [3.8, 4) is 17.4 Å². The van der Waals surface area contributed by atoms with Gasteiger partial charge in [0.1, 0.15) is 22.9 Å². The molecule has 0 aliphatic carbocycles. The fourth-order valence-corrected chi connectivity index (χ4v) is 3.97. The zero-order chi connectivity index (χ0) is 30.0. The quantitative estimate of drug-likeness (QED) is 0.235. The van der Waals surface area contributed by atoms with Crippen molar-refractivity contribution in [2.45, 2.75) is 19.3 Å². The molecule has 0 saturated heterocycles. The Morgan fingerprint density at radius 3 is 2.33 bits per heavy atom. The number of pyridine rings is 1. The number of hydrogen-bond acceptors (Lipinski definition) is 9.